The first-order valence-corrected chi connectivity index (χ1v) is 4.26. The first-order chi connectivity index (χ1) is 5.27. The van der Waals surface area contributed by atoms with Gasteiger partial charge >= 0.3 is 0 Å². The van der Waals surface area contributed by atoms with Crippen LogP contribution in [0.3, 0.4) is 0 Å². The minimum Gasteiger partial charge on any atom is -0.288 e. The van der Waals surface area contributed by atoms with Gasteiger partial charge in [0.15, 0.2) is 0 Å². The van der Waals surface area contributed by atoms with Crippen molar-refractivity contribution in [1.82, 2.24) is 0 Å². The van der Waals surface area contributed by atoms with Gasteiger partial charge in [0, 0.05) is 11.5 Å². The quantitative estimate of drug-likeness (QED) is 0.585. The van der Waals surface area contributed by atoms with Crippen molar-refractivity contribution in [2.75, 3.05) is 7.05 Å². The summed E-state index contributed by atoms with van der Waals surface area (Å²) in [5, 5.41) is 0. The van der Waals surface area contributed by atoms with Gasteiger partial charge in [0.25, 0.3) is 0 Å². The zero-order valence-corrected chi connectivity index (χ0v) is 8.22. The van der Waals surface area contributed by atoms with Crippen molar-refractivity contribution in [2.24, 2.45) is 4.99 Å². The van der Waals surface area contributed by atoms with Crippen LogP contribution in [0.25, 0.3) is 0 Å². The van der Waals surface area contributed by atoms with Gasteiger partial charge in [0.1, 0.15) is 0 Å². The average Bonchev–Trinajstić information content (AvgIpc) is 2.04. The van der Waals surface area contributed by atoms with E-state index in [1.54, 1.807) is 7.05 Å². The molecule has 0 saturated heterocycles. The number of nitrogens with zero attached hydrogens (tertiary/aromatic N) is 1. The summed E-state index contributed by atoms with van der Waals surface area (Å²) in [4.78, 5) is 4.13. The van der Waals surface area contributed by atoms with Crippen LogP contribution in [0.5, 0.6) is 0 Å². The zero-order chi connectivity index (χ0) is 8.27. The Bertz CT molecular complexity index is 269. The highest BCUT2D eigenvalue weighted by Crippen LogP contribution is 2.17. The molecule has 58 valence electrons. The lowest BCUT2D eigenvalue weighted by molar-refractivity contribution is 1.42. The van der Waals surface area contributed by atoms with E-state index in [-0.39, 0.29) is 0 Å². The molecule has 0 aliphatic heterocycles. The van der Waals surface area contributed by atoms with Gasteiger partial charge in [-0.2, -0.15) is 0 Å². The molecule has 2 heteroatoms. The normalized spacial score (nSPS) is 24.5. The Morgan fingerprint density at radius 3 is 2.73 bits per heavy atom. The van der Waals surface area contributed by atoms with Gasteiger partial charge in [-0.25, -0.2) is 0 Å². The standard InChI is InChI=1S/C9H10BrN/c1-3-7-6-8(10)4-5-9(7)11-2/h3-6H,1-2H3/b7-3-,11-9?. The number of hydrogen-bond acceptors (Lipinski definition) is 1. The van der Waals surface area contributed by atoms with E-state index in [0.29, 0.717) is 0 Å². The van der Waals surface area contributed by atoms with Crippen molar-refractivity contribution in [3.05, 3.63) is 34.4 Å². The minimum absolute atomic E-state index is 1.04. The summed E-state index contributed by atoms with van der Waals surface area (Å²) in [6.07, 6.45) is 8.10. The molecule has 1 rings (SSSR count). The predicted molar refractivity (Wildman–Crippen MR) is 53.3 cm³/mol. The third-order valence-corrected chi connectivity index (χ3v) is 2.03. The molecular formula is C9H10BrN. The number of hydrogen-bond donors (Lipinski definition) is 0. The van der Waals surface area contributed by atoms with Crippen LogP contribution in [-0.4, -0.2) is 12.8 Å². The molecule has 0 atom stereocenters. The van der Waals surface area contributed by atoms with Crippen LogP contribution >= 0.6 is 15.9 Å². The van der Waals surface area contributed by atoms with Crippen LogP contribution < -0.4 is 0 Å². The van der Waals surface area contributed by atoms with Crippen LogP contribution in [0.15, 0.2) is 39.4 Å². The van der Waals surface area contributed by atoms with E-state index in [9.17, 15) is 0 Å². The van der Waals surface area contributed by atoms with Gasteiger partial charge in [-0.1, -0.05) is 22.0 Å². The van der Waals surface area contributed by atoms with Crippen LogP contribution in [0.1, 0.15) is 6.92 Å². The van der Waals surface area contributed by atoms with Crippen molar-refractivity contribution in [3.63, 3.8) is 0 Å². The first kappa shape index (κ1) is 8.47. The molecule has 0 unspecified atom stereocenters. The Balaban J connectivity index is 3.03. The monoisotopic (exact) mass is 211 g/mol. The predicted octanol–water partition coefficient (Wildman–Crippen LogP) is 2.85. The smallest absolute Gasteiger partial charge is 0.0640 e. The second-order valence-electron chi connectivity index (χ2n) is 2.22. The van der Waals surface area contributed by atoms with E-state index in [1.807, 2.05) is 25.2 Å². The first-order valence-electron chi connectivity index (χ1n) is 3.46. The van der Waals surface area contributed by atoms with E-state index in [4.69, 9.17) is 0 Å². The molecule has 11 heavy (non-hydrogen) atoms. The second kappa shape index (κ2) is 3.67. The summed E-state index contributed by atoms with van der Waals surface area (Å²) in [7, 11) is 1.80. The average molecular weight is 212 g/mol. The molecule has 0 radical (unpaired) electrons. The fourth-order valence-electron chi connectivity index (χ4n) is 0.960. The molecular weight excluding hydrogens is 202 g/mol. The third-order valence-electron chi connectivity index (χ3n) is 1.54. The Morgan fingerprint density at radius 2 is 2.18 bits per heavy atom. The Labute approximate surface area is 75.3 Å². The van der Waals surface area contributed by atoms with E-state index in [1.165, 1.54) is 5.57 Å². The number of rotatable bonds is 0. The second-order valence-corrected chi connectivity index (χ2v) is 3.13. The topological polar surface area (TPSA) is 12.4 Å². The molecule has 1 nitrogen and oxygen atoms in total. The lowest BCUT2D eigenvalue weighted by Gasteiger charge is -2.06. The highest BCUT2D eigenvalue weighted by atomic mass is 79.9. The Hall–Kier alpha value is -0.630. The Kier molecular flexibility index (Phi) is 2.83. The van der Waals surface area contributed by atoms with Gasteiger partial charge in [-0.3, -0.25) is 4.99 Å². The van der Waals surface area contributed by atoms with Crippen LogP contribution in [-0.2, 0) is 0 Å². The molecule has 0 aromatic carbocycles. The number of allylic oxidation sites excluding steroid dienone is 6. The molecule has 0 spiro atoms. The van der Waals surface area contributed by atoms with Gasteiger partial charge in [-0.05, 0) is 30.7 Å². The molecule has 0 fully saturated rings. The summed E-state index contributed by atoms with van der Waals surface area (Å²) in [6.45, 7) is 2.01. The largest absolute Gasteiger partial charge is 0.288 e. The zero-order valence-electron chi connectivity index (χ0n) is 6.63. The van der Waals surface area contributed by atoms with Gasteiger partial charge in [-0.15, -0.1) is 0 Å². The fraction of sp³-hybridized carbons (Fsp3) is 0.222. The summed E-state index contributed by atoms with van der Waals surface area (Å²) < 4.78 is 1.10. The van der Waals surface area contributed by atoms with Crippen LogP contribution in [0, 0.1) is 0 Å². The van der Waals surface area contributed by atoms with E-state index in [2.05, 4.69) is 27.0 Å². The van der Waals surface area contributed by atoms with Crippen molar-refractivity contribution in [1.29, 1.82) is 0 Å². The van der Waals surface area contributed by atoms with Gasteiger partial charge in [0.2, 0.25) is 0 Å². The van der Waals surface area contributed by atoms with Gasteiger partial charge in [0.05, 0.1) is 5.71 Å². The fourth-order valence-corrected chi connectivity index (χ4v) is 1.34. The molecule has 0 aromatic heterocycles. The summed E-state index contributed by atoms with van der Waals surface area (Å²) in [5.74, 6) is 0. The third kappa shape index (κ3) is 1.90. The molecule has 0 aromatic rings. The summed E-state index contributed by atoms with van der Waals surface area (Å²) >= 11 is 3.40. The molecule has 0 N–H and O–H groups in total. The minimum atomic E-state index is 1.04. The van der Waals surface area contributed by atoms with E-state index >= 15 is 0 Å². The van der Waals surface area contributed by atoms with Crippen LogP contribution in [0.2, 0.25) is 0 Å². The van der Waals surface area contributed by atoms with Crippen molar-refractivity contribution in [3.8, 4) is 0 Å². The molecule has 0 heterocycles. The molecule has 0 saturated carbocycles. The maximum atomic E-state index is 4.13. The maximum Gasteiger partial charge on any atom is 0.0640 e. The maximum absolute atomic E-state index is 4.13. The summed E-state index contributed by atoms with van der Waals surface area (Å²) in [6, 6.07) is 0. The Morgan fingerprint density at radius 1 is 1.45 bits per heavy atom. The molecule has 0 amide bonds. The van der Waals surface area contributed by atoms with Crippen molar-refractivity contribution >= 4 is 21.6 Å². The van der Waals surface area contributed by atoms with Crippen molar-refractivity contribution < 1.29 is 0 Å². The lowest BCUT2D eigenvalue weighted by atomic mass is 10.1. The SMILES string of the molecule is C/C=C1/C=C(Br)C=CC1=NC. The number of halogens is 1. The number of aliphatic imine (C=N–C) groups is 1. The molecule has 1 aliphatic rings. The van der Waals surface area contributed by atoms with Gasteiger partial charge < -0.3 is 0 Å². The molecule has 0 bridgehead atoms. The highest BCUT2D eigenvalue weighted by molar-refractivity contribution is 9.11. The van der Waals surface area contributed by atoms with Crippen molar-refractivity contribution in [2.45, 2.75) is 6.92 Å². The summed E-state index contributed by atoms with van der Waals surface area (Å²) in [5.41, 5.74) is 2.21. The molecule has 1 aliphatic carbocycles. The highest BCUT2D eigenvalue weighted by Gasteiger charge is 2.03. The van der Waals surface area contributed by atoms with Crippen LogP contribution in [0.4, 0.5) is 0 Å². The lowest BCUT2D eigenvalue weighted by Crippen LogP contribution is -2.00. The van der Waals surface area contributed by atoms with E-state index < -0.39 is 0 Å². The van der Waals surface area contributed by atoms with E-state index in [0.717, 1.165) is 10.2 Å².